The third-order valence-electron chi connectivity index (χ3n) is 4.63. The first-order valence-corrected chi connectivity index (χ1v) is 10.2. The molecule has 0 aliphatic rings. The van der Waals surface area contributed by atoms with E-state index in [1.165, 1.54) is 12.1 Å². The highest BCUT2D eigenvalue weighted by Gasteiger charge is 2.07. The average molecular weight is 521 g/mol. The number of guanidine groups is 1. The van der Waals surface area contributed by atoms with Crippen LogP contribution in [0.25, 0.3) is 0 Å². The van der Waals surface area contributed by atoms with E-state index in [1.54, 1.807) is 19.2 Å². The van der Waals surface area contributed by atoms with E-state index in [2.05, 4.69) is 46.6 Å². The van der Waals surface area contributed by atoms with Crippen LogP contribution in [0.15, 0.2) is 29.3 Å². The van der Waals surface area contributed by atoms with Crippen molar-refractivity contribution in [3.63, 3.8) is 0 Å². The Morgan fingerprint density at radius 2 is 1.76 bits per heavy atom. The largest absolute Gasteiger partial charge is 0.355 e. The van der Waals surface area contributed by atoms with Crippen LogP contribution in [0, 0.1) is 5.82 Å². The van der Waals surface area contributed by atoms with Crippen molar-refractivity contribution in [3.05, 3.63) is 35.6 Å². The Hall–Kier alpha value is -1.42. The summed E-state index contributed by atoms with van der Waals surface area (Å²) >= 11 is 0. The topological polar surface area (TPSA) is 68.8 Å². The molecule has 166 valence electrons. The first kappa shape index (κ1) is 27.6. The van der Waals surface area contributed by atoms with E-state index in [9.17, 15) is 9.18 Å². The van der Waals surface area contributed by atoms with Crippen molar-refractivity contribution in [1.82, 2.24) is 20.9 Å². The first-order chi connectivity index (χ1) is 13.5. The van der Waals surface area contributed by atoms with Gasteiger partial charge in [0, 0.05) is 26.2 Å². The predicted octanol–water partition coefficient (Wildman–Crippen LogP) is 2.78. The molecule has 0 aromatic heterocycles. The summed E-state index contributed by atoms with van der Waals surface area (Å²) in [7, 11) is 1.74. The molecule has 1 amide bonds. The van der Waals surface area contributed by atoms with Gasteiger partial charge in [-0.2, -0.15) is 0 Å². The molecule has 0 saturated carbocycles. The highest BCUT2D eigenvalue weighted by Crippen LogP contribution is 2.03. The first-order valence-electron chi connectivity index (χ1n) is 10.2. The van der Waals surface area contributed by atoms with Crippen LogP contribution in [0.5, 0.6) is 0 Å². The summed E-state index contributed by atoms with van der Waals surface area (Å²) in [6.45, 7) is 10.9. The lowest BCUT2D eigenvalue weighted by atomic mass is 10.1. The summed E-state index contributed by atoms with van der Waals surface area (Å²) < 4.78 is 12.9. The molecule has 29 heavy (non-hydrogen) atoms. The van der Waals surface area contributed by atoms with Gasteiger partial charge in [-0.25, -0.2) is 4.39 Å². The summed E-state index contributed by atoms with van der Waals surface area (Å²) in [6, 6.07) is 6.31. The Morgan fingerprint density at radius 1 is 1.14 bits per heavy atom. The van der Waals surface area contributed by atoms with E-state index in [0.717, 1.165) is 44.0 Å². The highest BCUT2D eigenvalue weighted by molar-refractivity contribution is 14.0. The minimum absolute atomic E-state index is 0. The molecule has 1 atom stereocenters. The van der Waals surface area contributed by atoms with Crippen LogP contribution in [-0.2, 0) is 11.2 Å². The molecule has 0 saturated heterocycles. The van der Waals surface area contributed by atoms with Crippen molar-refractivity contribution < 1.29 is 9.18 Å². The number of hydrogen-bond donors (Lipinski definition) is 3. The molecule has 1 aromatic carbocycles. The minimum atomic E-state index is -0.297. The van der Waals surface area contributed by atoms with Crippen LogP contribution < -0.4 is 16.0 Å². The van der Waals surface area contributed by atoms with Crippen LogP contribution in [0.3, 0.4) is 0 Å². The maximum atomic E-state index is 12.9. The lowest BCUT2D eigenvalue weighted by molar-refractivity contribution is -0.120. The lowest BCUT2D eigenvalue weighted by Gasteiger charge is -2.21. The normalized spacial score (nSPS) is 12.3. The fourth-order valence-electron chi connectivity index (χ4n) is 2.89. The molecule has 0 bridgehead atoms. The maximum absolute atomic E-state index is 12.9. The van der Waals surface area contributed by atoms with Crippen molar-refractivity contribution in [1.29, 1.82) is 0 Å². The fourth-order valence-corrected chi connectivity index (χ4v) is 2.89. The summed E-state index contributed by atoms with van der Waals surface area (Å²) in [5, 5.41) is 9.45. The lowest BCUT2D eigenvalue weighted by Crippen LogP contribution is -2.45. The molecule has 0 radical (unpaired) electrons. The quantitative estimate of drug-likeness (QED) is 0.171. The SMILES string of the molecule is CCN(CC)CCCC(C)NC(=NC)NCCNC(=O)Cc1ccc(F)cc1.I. The van der Waals surface area contributed by atoms with Gasteiger partial charge in [-0.15, -0.1) is 24.0 Å². The molecule has 0 heterocycles. The third-order valence-corrected chi connectivity index (χ3v) is 4.63. The Kier molecular flexibility index (Phi) is 15.6. The molecule has 1 rings (SSSR count). The Labute approximate surface area is 192 Å². The summed E-state index contributed by atoms with van der Waals surface area (Å²) in [4.78, 5) is 18.6. The molecule has 1 aromatic rings. The Balaban J connectivity index is 0.00000784. The van der Waals surface area contributed by atoms with Gasteiger partial charge in [0.05, 0.1) is 6.42 Å². The van der Waals surface area contributed by atoms with Gasteiger partial charge >= 0.3 is 0 Å². The van der Waals surface area contributed by atoms with Crippen LogP contribution >= 0.6 is 24.0 Å². The van der Waals surface area contributed by atoms with Crippen molar-refractivity contribution in [2.24, 2.45) is 4.99 Å². The molecule has 3 N–H and O–H groups in total. The maximum Gasteiger partial charge on any atom is 0.224 e. The number of nitrogens with one attached hydrogen (secondary N) is 3. The summed E-state index contributed by atoms with van der Waals surface area (Å²) in [5.74, 6) is 0.360. The van der Waals surface area contributed by atoms with E-state index < -0.39 is 0 Å². The molecular formula is C21H37FIN5O. The number of halogens is 2. The van der Waals surface area contributed by atoms with Gasteiger partial charge in [0.15, 0.2) is 5.96 Å². The van der Waals surface area contributed by atoms with Gasteiger partial charge in [0.2, 0.25) is 5.91 Å². The smallest absolute Gasteiger partial charge is 0.224 e. The number of aliphatic imine (C=N–C) groups is 1. The molecule has 0 aliphatic heterocycles. The summed E-state index contributed by atoms with van der Waals surface area (Å²) in [5.41, 5.74) is 0.794. The van der Waals surface area contributed by atoms with Gasteiger partial charge in [-0.05, 0) is 57.1 Å². The molecule has 0 aliphatic carbocycles. The second-order valence-electron chi connectivity index (χ2n) is 6.87. The molecular weight excluding hydrogens is 484 g/mol. The molecule has 0 fully saturated rings. The number of hydrogen-bond acceptors (Lipinski definition) is 3. The van der Waals surface area contributed by atoms with Crippen LogP contribution in [0.1, 0.15) is 39.2 Å². The van der Waals surface area contributed by atoms with E-state index in [4.69, 9.17) is 0 Å². The number of benzene rings is 1. The van der Waals surface area contributed by atoms with E-state index >= 15 is 0 Å². The average Bonchev–Trinajstić information content (AvgIpc) is 2.69. The van der Waals surface area contributed by atoms with E-state index in [1.807, 2.05) is 0 Å². The monoisotopic (exact) mass is 521 g/mol. The highest BCUT2D eigenvalue weighted by atomic mass is 127. The standard InChI is InChI=1S/C21H36FN5O.HI/c1-5-27(6-2)15-7-8-17(3)26-21(23-4)25-14-13-24-20(28)16-18-9-11-19(22)12-10-18;/h9-12,17H,5-8,13-16H2,1-4H3,(H,24,28)(H2,23,25,26);1H. The van der Waals surface area contributed by atoms with Crippen molar-refractivity contribution in [3.8, 4) is 0 Å². The summed E-state index contributed by atoms with van der Waals surface area (Å²) in [6.07, 6.45) is 2.47. The molecule has 1 unspecified atom stereocenters. The molecule has 6 nitrogen and oxygen atoms in total. The van der Waals surface area contributed by atoms with Gasteiger partial charge in [0.25, 0.3) is 0 Å². The number of carbonyl (C=O) groups excluding carboxylic acids is 1. The van der Waals surface area contributed by atoms with Crippen molar-refractivity contribution in [2.45, 2.75) is 46.1 Å². The van der Waals surface area contributed by atoms with E-state index in [0.29, 0.717) is 19.1 Å². The molecule has 0 spiro atoms. The third kappa shape index (κ3) is 12.7. The Morgan fingerprint density at radius 3 is 2.34 bits per heavy atom. The van der Waals surface area contributed by atoms with Crippen LogP contribution in [0.4, 0.5) is 4.39 Å². The van der Waals surface area contributed by atoms with Gasteiger partial charge in [-0.1, -0.05) is 26.0 Å². The second kappa shape index (κ2) is 16.4. The van der Waals surface area contributed by atoms with E-state index in [-0.39, 0.29) is 42.1 Å². The fraction of sp³-hybridized carbons (Fsp3) is 0.619. The van der Waals surface area contributed by atoms with Gasteiger partial charge in [0.1, 0.15) is 5.82 Å². The zero-order valence-corrected chi connectivity index (χ0v) is 20.5. The van der Waals surface area contributed by atoms with Gasteiger partial charge in [-0.3, -0.25) is 9.79 Å². The second-order valence-corrected chi connectivity index (χ2v) is 6.87. The number of amides is 1. The number of nitrogens with zero attached hydrogens (tertiary/aromatic N) is 2. The number of rotatable bonds is 12. The predicted molar refractivity (Wildman–Crippen MR) is 130 cm³/mol. The molecule has 8 heteroatoms. The number of carbonyl (C=O) groups is 1. The van der Waals surface area contributed by atoms with Crippen LogP contribution in [-0.4, -0.2) is 62.6 Å². The zero-order chi connectivity index (χ0) is 20.8. The van der Waals surface area contributed by atoms with Crippen molar-refractivity contribution >= 4 is 35.8 Å². The minimum Gasteiger partial charge on any atom is -0.355 e. The van der Waals surface area contributed by atoms with Crippen molar-refractivity contribution in [2.75, 3.05) is 39.8 Å². The van der Waals surface area contributed by atoms with Gasteiger partial charge < -0.3 is 20.9 Å². The zero-order valence-electron chi connectivity index (χ0n) is 18.1. The Bertz CT molecular complexity index is 593. The van der Waals surface area contributed by atoms with Crippen LogP contribution in [0.2, 0.25) is 0 Å².